The average Bonchev–Trinajstić information content (AvgIpc) is 1.61. The number of alkyl halides is 1. The van der Waals surface area contributed by atoms with Gasteiger partial charge < -0.3 is 0 Å². The lowest BCUT2D eigenvalue weighted by atomic mass is 11.0. The quantitative estimate of drug-likeness (QED) is 0.301. The van der Waals surface area contributed by atoms with Gasteiger partial charge in [-0.2, -0.15) is 5.26 Å². The molecule has 0 unspecified atom stereocenters. The van der Waals surface area contributed by atoms with E-state index < -0.39 is 0 Å². The van der Waals surface area contributed by atoms with E-state index in [0.29, 0.717) is 0 Å². The predicted octanol–water partition coefficient (Wildman–Crippen LogP) is 1.64. The smallest absolute Gasteiger partial charge is 0.133 e. The van der Waals surface area contributed by atoms with E-state index in [4.69, 9.17) is 5.26 Å². The molecule has 6 heavy (non-hydrogen) atoms. The van der Waals surface area contributed by atoms with Crippen LogP contribution in [0.2, 0.25) is 0 Å². The molecule has 3 heteroatoms. The highest BCUT2D eigenvalue weighted by Gasteiger charge is 1.76. The molecule has 0 saturated heterocycles. The molecule has 34 valence electrons. The zero-order chi connectivity index (χ0) is 4.83. The molecule has 0 amide bonds. The van der Waals surface area contributed by atoms with Gasteiger partial charge >= 0.3 is 0 Å². The lowest BCUT2D eigenvalue weighted by Crippen LogP contribution is -1.70. The van der Waals surface area contributed by atoms with Crippen molar-refractivity contribution in [2.24, 2.45) is 0 Å². The van der Waals surface area contributed by atoms with Gasteiger partial charge in [-0.25, -0.2) is 0 Å². The average molecular weight is 213 g/mol. The monoisotopic (exact) mass is 213 g/mol. The number of hydrogen-bond donors (Lipinski definition) is 0. The molecule has 0 fully saturated rings. The molecule has 1 nitrogen and oxygen atoms in total. The summed E-state index contributed by atoms with van der Waals surface area (Å²) in [5.41, 5.74) is 0. The van der Waals surface area contributed by atoms with Crippen LogP contribution in [0.4, 0.5) is 0 Å². The Hall–Kier alpha value is 0.570. The maximum atomic E-state index is 7.91. The van der Waals surface area contributed by atoms with Crippen molar-refractivity contribution in [3.8, 4) is 5.40 Å². The Balaban J connectivity index is 2.54. The third kappa shape index (κ3) is 4.57. The fraction of sp³-hybridized carbons (Fsp3) is 0.667. The van der Waals surface area contributed by atoms with Crippen molar-refractivity contribution < 1.29 is 0 Å². The van der Waals surface area contributed by atoms with Crippen LogP contribution in [0.3, 0.4) is 0 Å². The molecule has 0 saturated carbocycles. The van der Waals surface area contributed by atoms with Gasteiger partial charge in [0.15, 0.2) is 0 Å². The van der Waals surface area contributed by atoms with Gasteiger partial charge in [-0.15, -0.1) is 0 Å². The molecular formula is C3H4INS. The molecule has 0 aliphatic carbocycles. The highest BCUT2D eigenvalue weighted by atomic mass is 127. The van der Waals surface area contributed by atoms with Crippen molar-refractivity contribution >= 4 is 34.4 Å². The molecule has 0 aromatic heterocycles. The molecule has 0 radical (unpaired) electrons. The number of rotatable bonds is 2. The second-order valence-electron chi connectivity index (χ2n) is 0.629. The summed E-state index contributed by atoms with van der Waals surface area (Å²) in [6.07, 6.45) is 0. The zero-order valence-corrected chi connectivity index (χ0v) is 6.12. The number of thiocyanates is 1. The van der Waals surface area contributed by atoms with E-state index in [1.54, 1.807) is 0 Å². The summed E-state index contributed by atoms with van der Waals surface area (Å²) in [6, 6.07) is 0. The summed E-state index contributed by atoms with van der Waals surface area (Å²) >= 11 is 3.54. The number of nitrogens with zero attached hydrogens (tertiary/aromatic N) is 1. The Morgan fingerprint density at radius 2 is 2.50 bits per heavy atom. The van der Waals surface area contributed by atoms with E-state index in [-0.39, 0.29) is 0 Å². The van der Waals surface area contributed by atoms with Gasteiger partial charge in [-0.05, 0) is 11.8 Å². The number of halogens is 1. The van der Waals surface area contributed by atoms with Crippen LogP contribution in [0.1, 0.15) is 0 Å². The first kappa shape index (κ1) is 6.57. The van der Waals surface area contributed by atoms with Crippen LogP contribution < -0.4 is 0 Å². The Labute approximate surface area is 55.2 Å². The summed E-state index contributed by atoms with van der Waals surface area (Å²) < 4.78 is 1.07. The van der Waals surface area contributed by atoms with Crippen LogP contribution in [-0.2, 0) is 0 Å². The zero-order valence-electron chi connectivity index (χ0n) is 3.15. The first-order valence-electron chi connectivity index (χ1n) is 1.48. The van der Waals surface area contributed by atoms with Crippen molar-refractivity contribution in [2.75, 3.05) is 10.2 Å². The second-order valence-corrected chi connectivity index (χ2v) is 2.59. The van der Waals surface area contributed by atoms with Gasteiger partial charge in [-0.1, -0.05) is 22.6 Å². The minimum atomic E-state index is 0.955. The maximum Gasteiger partial charge on any atom is 0.133 e. The van der Waals surface area contributed by atoms with Crippen molar-refractivity contribution in [3.63, 3.8) is 0 Å². The molecule has 0 atom stereocenters. The summed E-state index contributed by atoms with van der Waals surface area (Å²) in [4.78, 5) is 0. The van der Waals surface area contributed by atoms with Gasteiger partial charge in [0.1, 0.15) is 5.40 Å². The molecule has 0 bridgehead atoms. The van der Waals surface area contributed by atoms with E-state index in [0.717, 1.165) is 10.2 Å². The minimum absolute atomic E-state index is 0.955. The molecule has 0 aliphatic rings. The van der Waals surface area contributed by atoms with Gasteiger partial charge in [0.05, 0.1) is 0 Å². The van der Waals surface area contributed by atoms with E-state index in [2.05, 4.69) is 22.6 Å². The van der Waals surface area contributed by atoms with Crippen LogP contribution >= 0.6 is 34.4 Å². The minimum Gasteiger partial charge on any atom is -0.185 e. The molecule has 0 heterocycles. The fourth-order valence-electron chi connectivity index (χ4n) is 0.0842. The largest absolute Gasteiger partial charge is 0.185 e. The number of thioether (sulfide) groups is 1. The highest BCUT2D eigenvalue weighted by Crippen LogP contribution is 1.96. The van der Waals surface area contributed by atoms with E-state index in [1.807, 2.05) is 5.40 Å². The first-order chi connectivity index (χ1) is 2.91. The molecule has 0 aliphatic heterocycles. The van der Waals surface area contributed by atoms with Gasteiger partial charge in [0.2, 0.25) is 0 Å². The first-order valence-corrected chi connectivity index (χ1v) is 3.99. The normalized spacial score (nSPS) is 7.33. The summed E-state index contributed by atoms with van der Waals surface area (Å²) in [6.45, 7) is 0. The van der Waals surface area contributed by atoms with Crippen molar-refractivity contribution in [1.82, 2.24) is 0 Å². The second kappa shape index (κ2) is 5.57. The van der Waals surface area contributed by atoms with Gasteiger partial charge in [0.25, 0.3) is 0 Å². The Kier molecular flexibility index (Phi) is 6.10. The third-order valence-electron chi connectivity index (χ3n) is 0.244. The third-order valence-corrected chi connectivity index (χ3v) is 2.05. The van der Waals surface area contributed by atoms with Crippen LogP contribution in [0, 0.1) is 10.7 Å². The van der Waals surface area contributed by atoms with E-state index in [9.17, 15) is 0 Å². The Bertz CT molecular complexity index is 58.3. The standard InChI is InChI=1S/C3H4INS/c4-1-2-6-3-5/h1-2H2. The van der Waals surface area contributed by atoms with Gasteiger partial charge in [-0.3, -0.25) is 0 Å². The maximum absolute atomic E-state index is 7.91. The van der Waals surface area contributed by atoms with Gasteiger partial charge in [0, 0.05) is 10.2 Å². The van der Waals surface area contributed by atoms with E-state index in [1.165, 1.54) is 11.8 Å². The molecule has 0 aromatic carbocycles. The highest BCUT2D eigenvalue weighted by molar-refractivity contribution is 14.1. The summed E-state index contributed by atoms with van der Waals surface area (Å²) in [5, 5.41) is 9.89. The molecule has 0 spiro atoms. The lowest BCUT2D eigenvalue weighted by molar-refractivity contribution is 1.56. The topological polar surface area (TPSA) is 23.8 Å². The molecule has 0 aromatic rings. The number of hydrogen-bond acceptors (Lipinski definition) is 2. The van der Waals surface area contributed by atoms with E-state index >= 15 is 0 Å². The van der Waals surface area contributed by atoms with Crippen LogP contribution in [0.5, 0.6) is 0 Å². The predicted molar refractivity (Wildman–Crippen MR) is 37.0 cm³/mol. The van der Waals surface area contributed by atoms with Crippen LogP contribution in [-0.4, -0.2) is 10.2 Å². The summed E-state index contributed by atoms with van der Waals surface area (Å²) in [7, 11) is 0. The molecular weight excluding hydrogens is 209 g/mol. The lowest BCUT2D eigenvalue weighted by Gasteiger charge is -1.75. The van der Waals surface area contributed by atoms with Crippen molar-refractivity contribution in [2.45, 2.75) is 0 Å². The van der Waals surface area contributed by atoms with Crippen LogP contribution in [0.15, 0.2) is 0 Å². The SMILES string of the molecule is N#CSCCI. The fourth-order valence-corrected chi connectivity index (χ4v) is 0.913. The molecule has 0 N–H and O–H groups in total. The number of nitriles is 1. The Morgan fingerprint density at radius 3 is 2.67 bits per heavy atom. The summed E-state index contributed by atoms with van der Waals surface area (Å²) in [5.74, 6) is 0.955. The van der Waals surface area contributed by atoms with Crippen LogP contribution in [0.25, 0.3) is 0 Å². The van der Waals surface area contributed by atoms with Crippen molar-refractivity contribution in [3.05, 3.63) is 0 Å². The molecule has 0 rings (SSSR count). The van der Waals surface area contributed by atoms with Crippen molar-refractivity contribution in [1.29, 1.82) is 5.26 Å². The Morgan fingerprint density at radius 1 is 1.83 bits per heavy atom.